The number of halogens is 1. The molecule has 1 aromatic carbocycles. The lowest BCUT2D eigenvalue weighted by Gasteiger charge is -2.23. The first-order chi connectivity index (χ1) is 12.4. The maximum atomic E-state index is 13.5. The molecular formula is C23H30FNO. The van der Waals surface area contributed by atoms with E-state index in [1.165, 1.54) is 12.1 Å². The molecule has 1 heterocycles. The molecule has 0 unspecified atom stereocenters. The lowest BCUT2D eigenvalue weighted by atomic mass is 9.87. The lowest BCUT2D eigenvalue weighted by Crippen LogP contribution is -2.11. The number of nitrogens with zero attached hydrogens (tertiary/aromatic N) is 1. The van der Waals surface area contributed by atoms with Gasteiger partial charge in [0.25, 0.3) is 0 Å². The zero-order chi connectivity index (χ0) is 19.3. The minimum Gasteiger partial charge on any atom is -0.380 e. The van der Waals surface area contributed by atoms with Crippen molar-refractivity contribution >= 4 is 6.08 Å². The van der Waals surface area contributed by atoms with Crippen LogP contribution < -0.4 is 0 Å². The van der Waals surface area contributed by atoms with Gasteiger partial charge in [-0.15, -0.1) is 0 Å². The van der Waals surface area contributed by atoms with Crippen molar-refractivity contribution in [1.29, 1.82) is 0 Å². The van der Waals surface area contributed by atoms with E-state index in [1.54, 1.807) is 7.11 Å². The Labute approximate surface area is 157 Å². The summed E-state index contributed by atoms with van der Waals surface area (Å²) in [6.45, 7) is 11.2. The molecular weight excluding hydrogens is 325 g/mol. The summed E-state index contributed by atoms with van der Waals surface area (Å²) in [6, 6.07) is 6.73. The fourth-order valence-corrected chi connectivity index (χ4v) is 3.23. The fourth-order valence-electron chi connectivity index (χ4n) is 3.23. The van der Waals surface area contributed by atoms with Gasteiger partial charge in [-0.1, -0.05) is 58.9 Å². The summed E-state index contributed by atoms with van der Waals surface area (Å²) in [5.41, 5.74) is 6.46. The number of methoxy groups -OCH3 is 1. The number of pyridine rings is 1. The highest BCUT2D eigenvalue weighted by molar-refractivity contribution is 5.80. The summed E-state index contributed by atoms with van der Waals surface area (Å²) < 4.78 is 19.0. The molecule has 0 aliphatic heterocycles. The Morgan fingerprint density at radius 1 is 1.04 bits per heavy atom. The van der Waals surface area contributed by atoms with Crippen molar-refractivity contribution < 1.29 is 9.13 Å². The number of ether oxygens (including phenoxy) is 1. The quantitative estimate of drug-likeness (QED) is 0.551. The number of hydrogen-bond acceptors (Lipinski definition) is 2. The monoisotopic (exact) mass is 355 g/mol. The van der Waals surface area contributed by atoms with Gasteiger partial charge in [0, 0.05) is 23.9 Å². The van der Waals surface area contributed by atoms with Gasteiger partial charge < -0.3 is 4.74 Å². The van der Waals surface area contributed by atoms with Crippen molar-refractivity contribution in [2.45, 2.75) is 59.5 Å². The summed E-state index contributed by atoms with van der Waals surface area (Å²) in [4.78, 5) is 5.04. The van der Waals surface area contributed by atoms with Gasteiger partial charge in [-0.3, -0.25) is 4.98 Å². The second-order valence-corrected chi connectivity index (χ2v) is 7.21. The molecule has 1 aromatic heterocycles. The van der Waals surface area contributed by atoms with Crippen LogP contribution in [0.2, 0.25) is 0 Å². The topological polar surface area (TPSA) is 22.1 Å². The van der Waals surface area contributed by atoms with Crippen LogP contribution in [0.3, 0.4) is 0 Å². The molecule has 140 valence electrons. The van der Waals surface area contributed by atoms with Crippen LogP contribution in [-0.2, 0) is 11.3 Å². The van der Waals surface area contributed by atoms with E-state index in [4.69, 9.17) is 9.72 Å². The molecule has 0 spiro atoms. The zero-order valence-corrected chi connectivity index (χ0v) is 16.8. The average Bonchev–Trinajstić information content (AvgIpc) is 2.60. The van der Waals surface area contributed by atoms with Gasteiger partial charge in [-0.05, 0) is 41.5 Å². The first-order valence-electron chi connectivity index (χ1n) is 9.38. The molecule has 0 atom stereocenters. The second kappa shape index (κ2) is 9.09. The maximum Gasteiger partial charge on any atom is 0.123 e. The van der Waals surface area contributed by atoms with Crippen molar-refractivity contribution in [3.8, 4) is 11.1 Å². The molecule has 0 amide bonds. The van der Waals surface area contributed by atoms with E-state index in [9.17, 15) is 4.39 Å². The Bertz CT molecular complexity index is 761. The van der Waals surface area contributed by atoms with Gasteiger partial charge in [-0.25, -0.2) is 4.39 Å². The van der Waals surface area contributed by atoms with Crippen molar-refractivity contribution in [1.82, 2.24) is 4.98 Å². The molecule has 2 aromatic rings. The summed E-state index contributed by atoms with van der Waals surface area (Å²) in [5, 5.41) is 0. The van der Waals surface area contributed by atoms with Gasteiger partial charge in [0.05, 0.1) is 12.3 Å². The number of hydrogen-bond donors (Lipinski definition) is 0. The van der Waals surface area contributed by atoms with Crippen LogP contribution in [0.1, 0.15) is 75.4 Å². The number of aromatic nitrogens is 1. The Morgan fingerprint density at radius 3 is 2.15 bits per heavy atom. The van der Waals surface area contributed by atoms with Gasteiger partial charge in [0.1, 0.15) is 5.82 Å². The molecule has 2 rings (SSSR count). The summed E-state index contributed by atoms with van der Waals surface area (Å²) >= 11 is 0. The van der Waals surface area contributed by atoms with Gasteiger partial charge in [0.15, 0.2) is 0 Å². The highest BCUT2D eigenvalue weighted by Crippen LogP contribution is 2.37. The molecule has 3 heteroatoms. The van der Waals surface area contributed by atoms with Crippen LogP contribution >= 0.6 is 0 Å². The number of benzene rings is 1. The van der Waals surface area contributed by atoms with Crippen molar-refractivity contribution in [2.24, 2.45) is 0 Å². The van der Waals surface area contributed by atoms with E-state index in [0.717, 1.165) is 40.1 Å². The van der Waals surface area contributed by atoms with Crippen LogP contribution in [0.25, 0.3) is 17.2 Å². The summed E-state index contributed by atoms with van der Waals surface area (Å²) in [6.07, 6.45) is 5.26. The Balaban J connectivity index is 2.92. The summed E-state index contributed by atoms with van der Waals surface area (Å²) in [7, 11) is 1.70. The van der Waals surface area contributed by atoms with Crippen LogP contribution in [-0.4, -0.2) is 12.1 Å². The van der Waals surface area contributed by atoms with Crippen molar-refractivity contribution in [3.63, 3.8) is 0 Å². The molecule has 2 nitrogen and oxygen atoms in total. The maximum absolute atomic E-state index is 13.5. The number of rotatable bonds is 7. The predicted molar refractivity (Wildman–Crippen MR) is 108 cm³/mol. The minimum absolute atomic E-state index is 0.227. The van der Waals surface area contributed by atoms with Gasteiger partial charge in [0.2, 0.25) is 0 Å². The fraction of sp³-hybridized carbons (Fsp3) is 0.435. The SMILES string of the molecule is CC/C=C/c1c(C(C)C)nc(C(C)C)c(COC)c1-c1ccc(F)cc1. The van der Waals surface area contributed by atoms with Crippen LogP contribution in [0.5, 0.6) is 0 Å². The molecule has 0 fully saturated rings. The van der Waals surface area contributed by atoms with E-state index >= 15 is 0 Å². The highest BCUT2D eigenvalue weighted by atomic mass is 19.1. The highest BCUT2D eigenvalue weighted by Gasteiger charge is 2.22. The standard InChI is InChI=1S/C23H30FNO/c1-7-8-9-19-21(17-10-12-18(24)13-11-17)20(14-26-6)23(16(4)5)25-22(19)15(2)3/h8-13,15-16H,7,14H2,1-6H3/b9-8+. The third kappa shape index (κ3) is 4.39. The molecule has 0 radical (unpaired) electrons. The molecule has 0 aliphatic rings. The molecule has 26 heavy (non-hydrogen) atoms. The molecule has 0 saturated heterocycles. The second-order valence-electron chi connectivity index (χ2n) is 7.21. The Morgan fingerprint density at radius 2 is 1.65 bits per heavy atom. The molecule has 0 bridgehead atoms. The summed E-state index contributed by atoms with van der Waals surface area (Å²) in [5.74, 6) is 0.343. The van der Waals surface area contributed by atoms with Crippen molar-refractivity contribution in [3.05, 3.63) is 58.7 Å². The third-order valence-corrected chi connectivity index (χ3v) is 4.43. The normalized spacial score (nSPS) is 11.9. The lowest BCUT2D eigenvalue weighted by molar-refractivity contribution is 0.184. The van der Waals surface area contributed by atoms with Crippen LogP contribution in [0.15, 0.2) is 30.3 Å². The smallest absolute Gasteiger partial charge is 0.123 e. The van der Waals surface area contributed by atoms with Crippen LogP contribution in [0, 0.1) is 5.82 Å². The van der Waals surface area contributed by atoms with Crippen molar-refractivity contribution in [2.75, 3.05) is 7.11 Å². The Kier molecular flexibility index (Phi) is 7.10. The molecule has 0 aliphatic carbocycles. The predicted octanol–water partition coefficient (Wildman–Crippen LogP) is 6.70. The molecule has 0 N–H and O–H groups in total. The number of allylic oxidation sites excluding steroid dienone is 1. The average molecular weight is 355 g/mol. The van der Waals surface area contributed by atoms with E-state index in [0.29, 0.717) is 12.5 Å². The van der Waals surface area contributed by atoms with Gasteiger partial charge in [-0.2, -0.15) is 0 Å². The van der Waals surface area contributed by atoms with Gasteiger partial charge >= 0.3 is 0 Å². The van der Waals surface area contributed by atoms with Crippen LogP contribution in [0.4, 0.5) is 4.39 Å². The first-order valence-corrected chi connectivity index (χ1v) is 9.38. The first kappa shape index (κ1) is 20.3. The van der Waals surface area contributed by atoms with E-state index in [1.807, 2.05) is 12.1 Å². The largest absolute Gasteiger partial charge is 0.380 e. The third-order valence-electron chi connectivity index (χ3n) is 4.43. The Hall–Kier alpha value is -2.00. The van der Waals surface area contributed by atoms with E-state index in [-0.39, 0.29) is 11.7 Å². The minimum atomic E-state index is -0.227. The molecule has 0 saturated carbocycles. The van der Waals surface area contributed by atoms with E-state index < -0.39 is 0 Å². The van der Waals surface area contributed by atoms with E-state index in [2.05, 4.69) is 46.8 Å². The zero-order valence-electron chi connectivity index (χ0n) is 16.8.